The molecule has 2 aromatic rings. The number of carbonyl (C=O) groups is 2. The van der Waals surface area contributed by atoms with E-state index in [1.54, 1.807) is 6.92 Å². The van der Waals surface area contributed by atoms with Crippen LogP contribution in [0.25, 0.3) is 0 Å². The van der Waals surface area contributed by atoms with E-state index in [1.807, 2.05) is 52.8 Å². The highest BCUT2D eigenvalue weighted by Gasteiger charge is 2.29. The van der Waals surface area contributed by atoms with Crippen LogP contribution in [0.3, 0.4) is 0 Å². The smallest absolute Gasteiger partial charge is 0.421 e. The normalized spacial score (nSPS) is 11.3. The van der Waals surface area contributed by atoms with Crippen LogP contribution in [0.2, 0.25) is 0 Å². The summed E-state index contributed by atoms with van der Waals surface area (Å²) in [7, 11) is 0. The van der Waals surface area contributed by atoms with E-state index in [0.29, 0.717) is 21.4 Å². The first kappa shape index (κ1) is 19.1. The van der Waals surface area contributed by atoms with Crippen molar-refractivity contribution in [3.8, 4) is 0 Å². The predicted octanol–water partition coefficient (Wildman–Crippen LogP) is 5.34. The maximum Gasteiger partial charge on any atom is 0.421 e. The van der Waals surface area contributed by atoms with Crippen LogP contribution in [0.1, 0.15) is 54.2 Å². The van der Waals surface area contributed by atoms with Crippen molar-refractivity contribution in [2.24, 2.45) is 0 Å². The van der Waals surface area contributed by atoms with Crippen molar-refractivity contribution < 1.29 is 14.3 Å². The van der Waals surface area contributed by atoms with E-state index in [0.717, 1.165) is 11.1 Å². The van der Waals surface area contributed by atoms with E-state index in [1.165, 1.54) is 23.2 Å². The first-order chi connectivity index (χ1) is 11.5. The minimum Gasteiger partial charge on any atom is -0.443 e. The Balaban J connectivity index is 2.60. The number of ketones is 1. The third-order valence-corrected chi connectivity index (χ3v) is 4.72. The molecule has 134 valence electrons. The van der Waals surface area contributed by atoms with Gasteiger partial charge in [-0.15, -0.1) is 0 Å². The van der Waals surface area contributed by atoms with Crippen LogP contribution >= 0.6 is 11.3 Å². The average Bonchev–Trinajstić information content (AvgIpc) is 2.83. The molecule has 0 aliphatic carbocycles. The number of thiazole rings is 1. The summed E-state index contributed by atoms with van der Waals surface area (Å²) in [4.78, 5) is 31.2. The predicted molar refractivity (Wildman–Crippen MR) is 101 cm³/mol. The number of anilines is 2. The fourth-order valence-corrected chi connectivity index (χ4v) is 3.32. The lowest BCUT2D eigenvalue weighted by atomic mass is 10.1. The standard InChI is InChI=1S/C19H24N2O3S/c1-11-8-9-12(2)15(10-11)21(18(23)24-19(5,6)7)17-20-13(3)16(25-17)14(4)22/h8-10H,1-7H3. The van der Waals surface area contributed by atoms with E-state index < -0.39 is 11.7 Å². The van der Waals surface area contributed by atoms with Gasteiger partial charge in [-0.2, -0.15) is 0 Å². The van der Waals surface area contributed by atoms with Gasteiger partial charge in [-0.1, -0.05) is 23.5 Å². The van der Waals surface area contributed by atoms with Gasteiger partial charge in [-0.25, -0.2) is 14.7 Å². The molecular weight excluding hydrogens is 336 g/mol. The number of Topliss-reactive ketones (excluding diaryl/α,β-unsaturated/α-hetero) is 1. The largest absolute Gasteiger partial charge is 0.443 e. The zero-order valence-corrected chi connectivity index (χ0v) is 16.6. The highest BCUT2D eigenvalue weighted by molar-refractivity contribution is 7.17. The quantitative estimate of drug-likeness (QED) is 0.693. The molecule has 0 saturated heterocycles. The Labute approximate surface area is 152 Å². The highest BCUT2D eigenvalue weighted by Crippen LogP contribution is 2.35. The van der Waals surface area contributed by atoms with Crippen molar-refractivity contribution >= 4 is 34.0 Å². The van der Waals surface area contributed by atoms with Gasteiger partial charge in [0.2, 0.25) is 0 Å². The number of nitrogens with zero attached hydrogens (tertiary/aromatic N) is 2. The molecule has 0 unspecified atom stereocenters. The second-order valence-corrected chi connectivity index (χ2v) is 8.05. The maximum absolute atomic E-state index is 12.9. The number of benzene rings is 1. The Morgan fingerprint density at radius 1 is 1.16 bits per heavy atom. The lowest BCUT2D eigenvalue weighted by Gasteiger charge is -2.27. The summed E-state index contributed by atoms with van der Waals surface area (Å²) in [5.74, 6) is -0.0636. The Morgan fingerprint density at radius 2 is 1.80 bits per heavy atom. The van der Waals surface area contributed by atoms with Gasteiger partial charge in [0.1, 0.15) is 5.60 Å². The number of aromatic nitrogens is 1. The van der Waals surface area contributed by atoms with Gasteiger partial charge in [0, 0.05) is 6.92 Å². The third kappa shape index (κ3) is 4.45. The van der Waals surface area contributed by atoms with Crippen molar-refractivity contribution in [3.05, 3.63) is 39.9 Å². The molecule has 0 aliphatic heterocycles. The van der Waals surface area contributed by atoms with E-state index in [2.05, 4.69) is 4.98 Å². The van der Waals surface area contributed by atoms with E-state index >= 15 is 0 Å². The van der Waals surface area contributed by atoms with Crippen molar-refractivity contribution in [1.82, 2.24) is 4.98 Å². The molecule has 0 N–H and O–H groups in total. The zero-order chi connectivity index (χ0) is 18.9. The number of hydrogen-bond donors (Lipinski definition) is 0. The Kier molecular flexibility index (Phi) is 5.32. The summed E-state index contributed by atoms with van der Waals surface area (Å²) in [5.41, 5.74) is 2.63. The molecule has 2 rings (SSSR count). The van der Waals surface area contributed by atoms with Gasteiger partial charge in [0.15, 0.2) is 10.9 Å². The zero-order valence-electron chi connectivity index (χ0n) is 15.8. The second-order valence-electron chi connectivity index (χ2n) is 7.07. The monoisotopic (exact) mass is 360 g/mol. The lowest BCUT2D eigenvalue weighted by Crippen LogP contribution is -2.34. The first-order valence-electron chi connectivity index (χ1n) is 8.08. The van der Waals surface area contributed by atoms with Crippen molar-refractivity contribution in [1.29, 1.82) is 0 Å². The molecule has 1 amide bonds. The molecule has 0 atom stereocenters. The summed E-state index contributed by atoms with van der Waals surface area (Å²) in [6.45, 7) is 12.6. The van der Waals surface area contributed by atoms with Gasteiger partial charge in [0.25, 0.3) is 0 Å². The van der Waals surface area contributed by atoms with Gasteiger partial charge in [0.05, 0.1) is 16.3 Å². The number of amides is 1. The molecule has 0 radical (unpaired) electrons. The fourth-order valence-electron chi connectivity index (χ4n) is 2.35. The topological polar surface area (TPSA) is 59.5 Å². The highest BCUT2D eigenvalue weighted by atomic mass is 32.1. The lowest BCUT2D eigenvalue weighted by molar-refractivity contribution is 0.0598. The number of ether oxygens (including phenoxy) is 1. The summed E-state index contributed by atoms with van der Waals surface area (Å²) in [6.07, 6.45) is -0.509. The Bertz CT molecular complexity index is 819. The van der Waals surface area contributed by atoms with Gasteiger partial charge in [-0.3, -0.25) is 4.79 Å². The summed E-state index contributed by atoms with van der Waals surface area (Å²) in [5, 5.41) is 0.436. The average molecular weight is 360 g/mol. The van der Waals surface area contributed by atoms with Crippen LogP contribution in [0.5, 0.6) is 0 Å². The molecule has 25 heavy (non-hydrogen) atoms. The van der Waals surface area contributed by atoms with Gasteiger partial charge < -0.3 is 4.74 Å². The Hall–Kier alpha value is -2.21. The second kappa shape index (κ2) is 6.96. The van der Waals surface area contributed by atoms with Crippen LogP contribution in [-0.2, 0) is 4.74 Å². The fraction of sp³-hybridized carbons (Fsp3) is 0.421. The molecule has 1 aromatic heterocycles. The summed E-state index contributed by atoms with van der Waals surface area (Å²) < 4.78 is 5.58. The van der Waals surface area contributed by atoms with Crippen LogP contribution in [0.15, 0.2) is 18.2 Å². The summed E-state index contributed by atoms with van der Waals surface area (Å²) >= 11 is 1.20. The van der Waals surface area contributed by atoms with Gasteiger partial charge in [-0.05, 0) is 58.7 Å². The molecular formula is C19H24N2O3S. The molecule has 0 saturated carbocycles. The molecule has 0 spiro atoms. The third-order valence-electron chi connectivity index (χ3n) is 3.48. The number of hydrogen-bond acceptors (Lipinski definition) is 5. The number of carbonyl (C=O) groups excluding carboxylic acids is 2. The first-order valence-corrected chi connectivity index (χ1v) is 8.90. The van der Waals surface area contributed by atoms with E-state index in [9.17, 15) is 9.59 Å². The number of aryl methyl sites for hydroxylation is 3. The van der Waals surface area contributed by atoms with Crippen LogP contribution in [-0.4, -0.2) is 22.5 Å². The molecule has 0 bridgehead atoms. The summed E-state index contributed by atoms with van der Waals surface area (Å²) in [6, 6.07) is 5.86. The SMILES string of the molecule is CC(=O)c1sc(N(C(=O)OC(C)(C)C)c2cc(C)ccc2C)nc1C. The van der Waals surface area contributed by atoms with E-state index in [-0.39, 0.29) is 5.78 Å². The van der Waals surface area contributed by atoms with Crippen molar-refractivity contribution in [3.63, 3.8) is 0 Å². The minimum absolute atomic E-state index is 0.0636. The van der Waals surface area contributed by atoms with Crippen molar-refractivity contribution in [2.45, 2.75) is 54.1 Å². The molecule has 0 fully saturated rings. The number of rotatable bonds is 3. The van der Waals surface area contributed by atoms with Gasteiger partial charge >= 0.3 is 6.09 Å². The minimum atomic E-state index is -0.636. The molecule has 0 aliphatic rings. The molecule has 6 heteroatoms. The van der Waals surface area contributed by atoms with Crippen LogP contribution in [0.4, 0.5) is 15.6 Å². The van der Waals surface area contributed by atoms with Crippen LogP contribution < -0.4 is 4.90 Å². The van der Waals surface area contributed by atoms with Crippen molar-refractivity contribution in [2.75, 3.05) is 4.90 Å². The maximum atomic E-state index is 12.9. The Morgan fingerprint density at radius 3 is 2.32 bits per heavy atom. The van der Waals surface area contributed by atoms with Crippen LogP contribution in [0, 0.1) is 20.8 Å². The molecule has 5 nitrogen and oxygen atoms in total. The molecule has 1 heterocycles. The molecule has 1 aromatic carbocycles. The van der Waals surface area contributed by atoms with E-state index in [4.69, 9.17) is 4.74 Å².